The molecule has 1 aliphatic heterocycles. The molecule has 4 atom stereocenters. The van der Waals surface area contributed by atoms with Crippen LogP contribution < -0.4 is 10.1 Å². The van der Waals surface area contributed by atoms with Crippen molar-refractivity contribution in [1.29, 1.82) is 0 Å². The van der Waals surface area contributed by atoms with Crippen molar-refractivity contribution in [2.24, 2.45) is 0 Å². The molecule has 1 fully saturated rings. The highest BCUT2D eigenvalue weighted by molar-refractivity contribution is 5.57. The van der Waals surface area contributed by atoms with Crippen LogP contribution in [-0.2, 0) is 4.74 Å². The Labute approximate surface area is 119 Å². The summed E-state index contributed by atoms with van der Waals surface area (Å²) >= 11 is 0. The second-order valence-electron chi connectivity index (χ2n) is 4.38. The maximum absolute atomic E-state index is 11.0. The van der Waals surface area contributed by atoms with Gasteiger partial charge in [0, 0.05) is 12.1 Å². The fourth-order valence-corrected chi connectivity index (χ4v) is 1.95. The summed E-state index contributed by atoms with van der Waals surface area (Å²) in [5.41, 5.74) is -0.339. The highest BCUT2D eigenvalue weighted by Gasteiger charge is 2.43. The molecule has 0 amide bonds. The van der Waals surface area contributed by atoms with Crippen molar-refractivity contribution in [2.45, 2.75) is 24.5 Å². The number of hydrogen-bond donors (Lipinski definition) is 4. The van der Waals surface area contributed by atoms with Gasteiger partial charge in [-0.3, -0.25) is 10.1 Å². The van der Waals surface area contributed by atoms with Gasteiger partial charge in [-0.05, 0) is 0 Å². The van der Waals surface area contributed by atoms with Gasteiger partial charge in [-0.15, -0.1) is 0 Å². The van der Waals surface area contributed by atoms with Crippen LogP contribution in [0.5, 0.6) is 5.88 Å². The third kappa shape index (κ3) is 3.03. The molecule has 0 unspecified atom stereocenters. The molecule has 0 saturated carbocycles. The summed E-state index contributed by atoms with van der Waals surface area (Å²) < 4.78 is 10.1. The maximum Gasteiger partial charge on any atom is 0.311 e. The Bertz CT molecular complexity index is 527. The third-order valence-corrected chi connectivity index (χ3v) is 3.08. The van der Waals surface area contributed by atoms with E-state index in [0.29, 0.717) is 0 Å². The number of nitrogens with zero attached hydrogens (tertiary/aromatic N) is 2. The second-order valence-corrected chi connectivity index (χ2v) is 4.38. The Morgan fingerprint density at radius 3 is 2.71 bits per heavy atom. The van der Waals surface area contributed by atoms with Crippen LogP contribution in [-0.4, -0.2) is 63.5 Å². The Morgan fingerprint density at radius 2 is 2.19 bits per heavy atom. The predicted molar refractivity (Wildman–Crippen MR) is 68.8 cm³/mol. The van der Waals surface area contributed by atoms with E-state index in [1.807, 2.05) is 0 Å². The number of rotatable bonds is 5. The first-order valence-electron chi connectivity index (χ1n) is 6.06. The number of aromatic nitrogens is 1. The number of ether oxygens (including phenoxy) is 2. The van der Waals surface area contributed by atoms with Crippen LogP contribution in [0.25, 0.3) is 0 Å². The number of anilines is 1. The van der Waals surface area contributed by atoms with Gasteiger partial charge in [0.05, 0.1) is 18.6 Å². The van der Waals surface area contributed by atoms with Gasteiger partial charge in [-0.1, -0.05) is 0 Å². The summed E-state index contributed by atoms with van der Waals surface area (Å²) in [6, 6.07) is 2.51. The van der Waals surface area contributed by atoms with Crippen LogP contribution >= 0.6 is 0 Å². The summed E-state index contributed by atoms with van der Waals surface area (Å²) in [5.74, 6) is -0.0379. The van der Waals surface area contributed by atoms with E-state index in [1.54, 1.807) is 0 Å². The molecule has 0 spiro atoms. The smallest absolute Gasteiger partial charge is 0.311 e. The summed E-state index contributed by atoms with van der Waals surface area (Å²) in [4.78, 5) is 14.2. The van der Waals surface area contributed by atoms with Gasteiger partial charge in [0.25, 0.3) is 0 Å². The van der Waals surface area contributed by atoms with E-state index in [1.165, 1.54) is 19.2 Å². The molecular weight excluding hydrogens is 286 g/mol. The number of pyridine rings is 1. The molecule has 0 bridgehead atoms. The zero-order valence-corrected chi connectivity index (χ0v) is 11.0. The minimum atomic E-state index is -1.37. The second kappa shape index (κ2) is 6.18. The van der Waals surface area contributed by atoms with Crippen LogP contribution in [0.3, 0.4) is 0 Å². The van der Waals surface area contributed by atoms with E-state index >= 15 is 0 Å². The van der Waals surface area contributed by atoms with Crippen molar-refractivity contribution in [2.75, 3.05) is 19.0 Å². The summed E-state index contributed by atoms with van der Waals surface area (Å²) in [6.45, 7) is -0.496. The topological polar surface area (TPSA) is 147 Å². The Kier molecular flexibility index (Phi) is 4.53. The van der Waals surface area contributed by atoms with E-state index in [-0.39, 0.29) is 17.4 Å². The van der Waals surface area contributed by atoms with E-state index < -0.39 is 36.1 Å². The molecule has 21 heavy (non-hydrogen) atoms. The normalized spacial score (nSPS) is 28.4. The number of aliphatic hydroxyl groups excluding tert-OH is 3. The quantitative estimate of drug-likeness (QED) is 0.391. The van der Waals surface area contributed by atoms with Gasteiger partial charge in [-0.25, -0.2) is 0 Å². The molecule has 116 valence electrons. The summed E-state index contributed by atoms with van der Waals surface area (Å²) in [7, 11) is 1.35. The molecule has 1 aromatic rings. The molecule has 2 heterocycles. The molecule has 10 heteroatoms. The van der Waals surface area contributed by atoms with Gasteiger partial charge >= 0.3 is 5.69 Å². The van der Waals surface area contributed by atoms with Crippen LogP contribution in [0.15, 0.2) is 12.1 Å². The molecule has 1 aromatic heterocycles. The van der Waals surface area contributed by atoms with Gasteiger partial charge in [-0.2, -0.15) is 4.98 Å². The Morgan fingerprint density at radius 1 is 1.48 bits per heavy atom. The van der Waals surface area contributed by atoms with Gasteiger partial charge in [0.2, 0.25) is 11.7 Å². The molecule has 0 radical (unpaired) electrons. The van der Waals surface area contributed by atoms with Crippen LogP contribution in [0.4, 0.5) is 11.5 Å². The molecule has 1 saturated heterocycles. The van der Waals surface area contributed by atoms with E-state index in [4.69, 9.17) is 14.6 Å². The fraction of sp³-hybridized carbons (Fsp3) is 0.545. The first-order valence-corrected chi connectivity index (χ1v) is 6.06. The van der Waals surface area contributed by atoms with Crippen molar-refractivity contribution < 1.29 is 29.7 Å². The zero-order chi connectivity index (χ0) is 15.6. The first kappa shape index (κ1) is 15.4. The lowest BCUT2D eigenvalue weighted by molar-refractivity contribution is -0.384. The monoisotopic (exact) mass is 301 g/mol. The van der Waals surface area contributed by atoms with Gasteiger partial charge in [0.15, 0.2) is 6.23 Å². The number of aliphatic hydroxyl groups is 3. The highest BCUT2D eigenvalue weighted by atomic mass is 16.6. The van der Waals surface area contributed by atoms with E-state index in [0.717, 1.165) is 0 Å². The number of hydrogen-bond acceptors (Lipinski definition) is 9. The first-order chi connectivity index (χ1) is 9.97. The molecule has 4 N–H and O–H groups in total. The van der Waals surface area contributed by atoms with Crippen LogP contribution in [0.1, 0.15) is 0 Å². The Hall–Kier alpha value is -2.01. The lowest BCUT2D eigenvalue weighted by atomic mass is 10.1. The minimum Gasteiger partial charge on any atom is -0.481 e. The third-order valence-electron chi connectivity index (χ3n) is 3.08. The maximum atomic E-state index is 11.0. The molecular formula is C11H15N3O7. The van der Waals surface area contributed by atoms with Crippen molar-refractivity contribution in [3.63, 3.8) is 0 Å². The standard InChI is InChI=1S/C11H15N3O7/c1-20-7-3-2-5(14(18)19)10(12-7)13-11-9(17)8(16)6(4-15)21-11/h2-3,6,8-9,11,15-17H,4H2,1H3,(H,12,13)/t6-,8-,9-,11-/m1/s1. The molecule has 0 aliphatic carbocycles. The zero-order valence-electron chi connectivity index (χ0n) is 11.0. The number of nitrogens with one attached hydrogen (secondary N) is 1. The molecule has 1 aliphatic rings. The summed E-state index contributed by atoms with van der Waals surface area (Å²) in [5, 5.41) is 41.9. The molecule has 0 aromatic carbocycles. The fourth-order valence-electron chi connectivity index (χ4n) is 1.95. The van der Waals surface area contributed by atoms with E-state index in [9.17, 15) is 20.3 Å². The van der Waals surface area contributed by atoms with Crippen molar-refractivity contribution >= 4 is 11.5 Å². The number of nitro groups is 1. The minimum absolute atomic E-state index is 0.134. The van der Waals surface area contributed by atoms with Gasteiger partial charge < -0.3 is 30.1 Å². The largest absolute Gasteiger partial charge is 0.481 e. The van der Waals surface area contributed by atoms with Crippen molar-refractivity contribution in [1.82, 2.24) is 4.98 Å². The average molecular weight is 301 g/mol. The lowest BCUT2D eigenvalue weighted by Crippen LogP contribution is -2.36. The summed E-state index contributed by atoms with van der Waals surface area (Å²) in [6.07, 6.45) is -4.80. The lowest BCUT2D eigenvalue weighted by Gasteiger charge is -2.17. The van der Waals surface area contributed by atoms with E-state index in [2.05, 4.69) is 10.3 Å². The molecule has 10 nitrogen and oxygen atoms in total. The Balaban J connectivity index is 2.24. The molecule has 2 rings (SSSR count). The van der Waals surface area contributed by atoms with Crippen LogP contribution in [0.2, 0.25) is 0 Å². The number of methoxy groups -OCH3 is 1. The van der Waals surface area contributed by atoms with Crippen LogP contribution in [0, 0.1) is 10.1 Å². The SMILES string of the molecule is COc1ccc([N+](=O)[O-])c(N[C@@H]2O[C@H](CO)[C@@H](O)[C@H]2O)n1. The van der Waals surface area contributed by atoms with Gasteiger partial charge in [0.1, 0.15) is 18.3 Å². The van der Waals surface area contributed by atoms with Crippen molar-refractivity contribution in [3.05, 3.63) is 22.2 Å². The average Bonchev–Trinajstić information content (AvgIpc) is 2.74. The predicted octanol–water partition coefficient (Wildman–Crippen LogP) is -1.15. The highest BCUT2D eigenvalue weighted by Crippen LogP contribution is 2.29. The van der Waals surface area contributed by atoms with Crippen molar-refractivity contribution in [3.8, 4) is 5.88 Å².